The molecule has 178 valence electrons. The highest BCUT2D eigenvalue weighted by Crippen LogP contribution is 2.35. The van der Waals surface area contributed by atoms with E-state index in [1.807, 2.05) is 13.8 Å². The molecule has 1 aromatic heterocycles. The molecule has 1 aliphatic heterocycles. The van der Waals surface area contributed by atoms with Gasteiger partial charge in [0.1, 0.15) is 11.9 Å². The molecule has 1 atom stereocenters. The van der Waals surface area contributed by atoms with Crippen LogP contribution in [0, 0.1) is 11.8 Å². The molecule has 3 rings (SSSR count). The molecule has 0 radical (unpaired) electrons. The number of anilines is 1. The summed E-state index contributed by atoms with van der Waals surface area (Å²) >= 11 is 0. The number of hydrogen-bond donors (Lipinski definition) is 1. The molecule has 1 aliphatic carbocycles. The van der Waals surface area contributed by atoms with Gasteiger partial charge in [0.05, 0.1) is 5.56 Å². The van der Waals surface area contributed by atoms with Crippen LogP contribution in [0.3, 0.4) is 0 Å². The van der Waals surface area contributed by atoms with Crippen molar-refractivity contribution in [3.05, 3.63) is 23.9 Å². The first-order valence-electron chi connectivity index (χ1n) is 11.5. The molecule has 1 N–H and O–H groups in total. The first-order chi connectivity index (χ1) is 15.2. The zero-order valence-electron chi connectivity index (χ0n) is 18.8. The summed E-state index contributed by atoms with van der Waals surface area (Å²) in [6.45, 7) is 4.86. The Labute approximate surface area is 187 Å². The number of alkyl halides is 3. The topological polar surface area (TPSA) is 65.5 Å². The van der Waals surface area contributed by atoms with Crippen LogP contribution in [0.15, 0.2) is 18.3 Å². The van der Waals surface area contributed by atoms with E-state index in [0.717, 1.165) is 12.5 Å². The van der Waals surface area contributed by atoms with E-state index in [9.17, 15) is 22.8 Å². The Hall–Kier alpha value is -2.32. The number of carbonyl (C=O) groups excluding carboxylic acids is 2. The molecule has 1 unspecified atom stereocenters. The van der Waals surface area contributed by atoms with Crippen LogP contribution in [-0.2, 0) is 15.8 Å². The van der Waals surface area contributed by atoms with Crippen LogP contribution in [0.2, 0.25) is 0 Å². The van der Waals surface area contributed by atoms with Crippen molar-refractivity contribution in [2.75, 3.05) is 31.1 Å². The molecule has 0 spiro atoms. The highest BCUT2D eigenvalue weighted by atomic mass is 19.4. The number of rotatable bonds is 7. The lowest BCUT2D eigenvalue weighted by atomic mass is 9.99. The maximum absolute atomic E-state index is 13.3. The summed E-state index contributed by atoms with van der Waals surface area (Å²) in [4.78, 5) is 32.7. The third-order valence-electron chi connectivity index (χ3n) is 6.49. The van der Waals surface area contributed by atoms with Crippen molar-refractivity contribution in [1.82, 2.24) is 15.2 Å². The number of hydrogen-bond acceptors (Lipinski definition) is 4. The number of carbonyl (C=O) groups is 2. The number of pyridine rings is 1. The number of piperazine rings is 1. The minimum Gasteiger partial charge on any atom is -0.353 e. The van der Waals surface area contributed by atoms with Crippen molar-refractivity contribution in [1.29, 1.82) is 0 Å². The third kappa shape index (κ3) is 6.13. The van der Waals surface area contributed by atoms with Crippen molar-refractivity contribution in [2.45, 2.75) is 64.6 Å². The van der Waals surface area contributed by atoms with Gasteiger partial charge in [0.15, 0.2) is 0 Å². The van der Waals surface area contributed by atoms with E-state index in [-0.39, 0.29) is 49.7 Å². The summed E-state index contributed by atoms with van der Waals surface area (Å²) in [6.07, 6.45) is 2.96. The maximum atomic E-state index is 13.3. The van der Waals surface area contributed by atoms with Crippen LogP contribution in [-0.4, -0.2) is 53.9 Å². The van der Waals surface area contributed by atoms with Gasteiger partial charge in [-0.25, -0.2) is 4.98 Å². The van der Waals surface area contributed by atoms with Crippen LogP contribution in [0.25, 0.3) is 0 Å². The Morgan fingerprint density at radius 1 is 1.16 bits per heavy atom. The molecule has 0 bridgehead atoms. The van der Waals surface area contributed by atoms with Gasteiger partial charge in [0, 0.05) is 38.8 Å². The van der Waals surface area contributed by atoms with Gasteiger partial charge < -0.3 is 15.1 Å². The number of halogens is 3. The molecule has 2 fully saturated rings. The molecule has 2 aliphatic rings. The zero-order chi connectivity index (χ0) is 23.3. The van der Waals surface area contributed by atoms with Crippen LogP contribution in [0.1, 0.15) is 57.9 Å². The van der Waals surface area contributed by atoms with Gasteiger partial charge >= 0.3 is 6.18 Å². The van der Waals surface area contributed by atoms with Crippen molar-refractivity contribution in [3.8, 4) is 0 Å². The lowest BCUT2D eigenvalue weighted by Gasteiger charge is -2.38. The lowest BCUT2D eigenvalue weighted by Crippen LogP contribution is -2.56. The molecular weight excluding hydrogens is 421 g/mol. The molecule has 0 aromatic carbocycles. The molecule has 1 saturated heterocycles. The third-order valence-corrected chi connectivity index (χ3v) is 6.49. The maximum Gasteiger partial charge on any atom is 0.419 e. The molecule has 1 aromatic rings. The molecule has 2 amide bonds. The first-order valence-corrected chi connectivity index (χ1v) is 11.5. The van der Waals surface area contributed by atoms with Gasteiger partial charge in [-0.05, 0) is 30.4 Å². The van der Waals surface area contributed by atoms with Crippen molar-refractivity contribution in [3.63, 3.8) is 0 Å². The SMILES string of the molecule is CC(C)C(NC(=O)CCC1CCCC1)C(=O)N1CCN(c2ncccc2C(F)(F)F)CC1. The highest BCUT2D eigenvalue weighted by Gasteiger charge is 2.37. The number of amides is 2. The van der Waals surface area contributed by atoms with Gasteiger partial charge in [0.2, 0.25) is 11.8 Å². The van der Waals surface area contributed by atoms with Crippen LogP contribution < -0.4 is 10.2 Å². The number of nitrogens with zero attached hydrogens (tertiary/aromatic N) is 3. The number of nitrogens with one attached hydrogen (secondary N) is 1. The van der Waals surface area contributed by atoms with Gasteiger partial charge in [-0.15, -0.1) is 0 Å². The smallest absolute Gasteiger partial charge is 0.353 e. The lowest BCUT2D eigenvalue weighted by molar-refractivity contribution is -0.138. The molecule has 9 heteroatoms. The Kier molecular flexibility index (Phi) is 8.00. The quantitative estimate of drug-likeness (QED) is 0.680. The van der Waals surface area contributed by atoms with E-state index < -0.39 is 17.8 Å². The predicted octanol–water partition coefficient (Wildman–Crippen LogP) is 3.86. The Bertz CT molecular complexity index is 786. The van der Waals surface area contributed by atoms with Crippen LogP contribution >= 0.6 is 0 Å². The molecule has 32 heavy (non-hydrogen) atoms. The van der Waals surface area contributed by atoms with Gasteiger partial charge in [-0.2, -0.15) is 13.2 Å². The van der Waals surface area contributed by atoms with E-state index in [4.69, 9.17) is 0 Å². The summed E-state index contributed by atoms with van der Waals surface area (Å²) in [5.41, 5.74) is -0.769. The van der Waals surface area contributed by atoms with Crippen LogP contribution in [0.4, 0.5) is 19.0 Å². The van der Waals surface area contributed by atoms with Crippen molar-refractivity contribution >= 4 is 17.6 Å². The zero-order valence-corrected chi connectivity index (χ0v) is 18.8. The van der Waals surface area contributed by atoms with Gasteiger partial charge in [0.25, 0.3) is 0 Å². The fourth-order valence-electron chi connectivity index (χ4n) is 4.60. The second kappa shape index (κ2) is 10.5. The first kappa shape index (κ1) is 24.3. The second-order valence-corrected chi connectivity index (χ2v) is 9.16. The summed E-state index contributed by atoms with van der Waals surface area (Å²) in [6, 6.07) is 1.67. The van der Waals surface area contributed by atoms with E-state index in [2.05, 4.69) is 10.3 Å². The van der Waals surface area contributed by atoms with E-state index >= 15 is 0 Å². The van der Waals surface area contributed by atoms with Crippen molar-refractivity contribution in [2.24, 2.45) is 11.8 Å². The Morgan fingerprint density at radius 3 is 2.41 bits per heavy atom. The van der Waals surface area contributed by atoms with Crippen molar-refractivity contribution < 1.29 is 22.8 Å². The Morgan fingerprint density at radius 2 is 1.81 bits per heavy atom. The normalized spacial score (nSPS) is 18.8. The molecule has 1 saturated carbocycles. The molecule has 6 nitrogen and oxygen atoms in total. The standard InChI is InChI=1S/C23H33F3N4O2/c1-16(2)20(28-19(31)10-9-17-6-3-4-7-17)22(32)30-14-12-29(13-15-30)21-18(23(24,25)26)8-5-11-27-21/h5,8,11,16-17,20H,3-4,6-7,9-10,12-15H2,1-2H3,(H,28,31). The minimum absolute atomic E-state index is 0.0800. The molecular formula is C23H33F3N4O2. The van der Waals surface area contributed by atoms with E-state index in [0.29, 0.717) is 12.3 Å². The summed E-state index contributed by atoms with van der Waals surface area (Å²) < 4.78 is 39.9. The average molecular weight is 455 g/mol. The fourth-order valence-corrected chi connectivity index (χ4v) is 4.60. The van der Waals surface area contributed by atoms with Gasteiger partial charge in [-0.1, -0.05) is 39.5 Å². The van der Waals surface area contributed by atoms with Crippen LogP contribution in [0.5, 0.6) is 0 Å². The second-order valence-electron chi connectivity index (χ2n) is 9.16. The number of aromatic nitrogens is 1. The monoisotopic (exact) mass is 454 g/mol. The largest absolute Gasteiger partial charge is 0.419 e. The highest BCUT2D eigenvalue weighted by molar-refractivity contribution is 5.88. The van der Waals surface area contributed by atoms with E-state index in [1.54, 1.807) is 9.80 Å². The van der Waals surface area contributed by atoms with E-state index in [1.165, 1.54) is 37.9 Å². The summed E-state index contributed by atoms with van der Waals surface area (Å²) in [5, 5.41) is 2.90. The predicted molar refractivity (Wildman–Crippen MR) is 116 cm³/mol. The average Bonchev–Trinajstić information content (AvgIpc) is 3.29. The van der Waals surface area contributed by atoms with Gasteiger partial charge in [-0.3, -0.25) is 9.59 Å². The molecule has 2 heterocycles. The Balaban J connectivity index is 1.56. The summed E-state index contributed by atoms with van der Waals surface area (Å²) in [5.74, 6) is 0.142. The minimum atomic E-state index is -4.48. The fraction of sp³-hybridized carbons (Fsp3) is 0.696. The summed E-state index contributed by atoms with van der Waals surface area (Å²) in [7, 11) is 0.